The van der Waals surface area contributed by atoms with E-state index in [2.05, 4.69) is 5.32 Å². The molecular formula is C17H23N3O8S. The molecule has 6 N–H and O–H groups in total. The maximum absolute atomic E-state index is 12.4. The van der Waals surface area contributed by atoms with Crippen LogP contribution in [0.2, 0.25) is 0 Å². The van der Waals surface area contributed by atoms with E-state index < -0.39 is 48.6 Å². The summed E-state index contributed by atoms with van der Waals surface area (Å²) < 4.78 is 14.7. The number of carbonyl (C=O) groups is 2. The third-order valence-electron chi connectivity index (χ3n) is 4.50. The Labute approximate surface area is 170 Å². The second-order valence-corrected chi connectivity index (χ2v) is 7.44. The van der Waals surface area contributed by atoms with E-state index in [9.17, 15) is 19.8 Å². The number of aliphatic hydroxyl groups is 3. The largest absolute Gasteiger partial charge is 0.394 e. The van der Waals surface area contributed by atoms with Crippen molar-refractivity contribution in [2.24, 2.45) is 5.73 Å². The summed E-state index contributed by atoms with van der Waals surface area (Å²) in [5, 5.41) is 32.9. The number of urea groups is 1. The van der Waals surface area contributed by atoms with E-state index in [0.717, 1.165) is 18.1 Å². The van der Waals surface area contributed by atoms with Gasteiger partial charge in [0, 0.05) is 6.20 Å². The molecule has 0 aliphatic carbocycles. The van der Waals surface area contributed by atoms with Gasteiger partial charge in [0.15, 0.2) is 11.9 Å². The first-order valence-electron chi connectivity index (χ1n) is 8.82. The van der Waals surface area contributed by atoms with Gasteiger partial charge >= 0.3 is 6.03 Å². The Hall–Kier alpha value is -1.90. The topological polar surface area (TPSA) is 164 Å². The standard InChI is InChI=1S/C14H17N3O6S.C3H6O2/c15-14(11(21)8-2-1-5-24-8)3-4-17(13(22)16-14)12-10(20)9(19)7(6-18)23-12;1-2-5-3-4-1/h1-5,7,9-10,12,18-20H,6,15H2,(H,16,22);1-3H2/t7-,9-,10-,12-,14?;/m1./s1. The van der Waals surface area contributed by atoms with Crippen molar-refractivity contribution in [2.45, 2.75) is 30.2 Å². The molecule has 0 radical (unpaired) electrons. The first kappa shape index (κ1) is 21.8. The fraction of sp³-hybridized carbons (Fsp3) is 0.529. The zero-order valence-electron chi connectivity index (χ0n) is 15.3. The SMILES string of the molecule is C1COCO1.NC1(C(=O)c2cccs2)C=CN([C@@H]2O[C@H](CO)[C@@H](O)[C@H]2O)C(=O)N1. The van der Waals surface area contributed by atoms with Crippen LogP contribution in [0.4, 0.5) is 4.79 Å². The van der Waals surface area contributed by atoms with Crippen LogP contribution in [0.5, 0.6) is 0 Å². The molecule has 1 aromatic heterocycles. The number of ether oxygens (including phenoxy) is 3. The molecule has 11 nitrogen and oxygen atoms in total. The van der Waals surface area contributed by atoms with E-state index in [1.165, 1.54) is 23.6 Å². The summed E-state index contributed by atoms with van der Waals surface area (Å²) in [6.07, 6.45) is -2.44. The number of rotatable bonds is 4. The van der Waals surface area contributed by atoms with E-state index in [1.54, 1.807) is 17.5 Å². The molecule has 29 heavy (non-hydrogen) atoms. The van der Waals surface area contributed by atoms with Crippen LogP contribution in [0.15, 0.2) is 29.8 Å². The lowest BCUT2D eigenvalue weighted by atomic mass is 10.0. The van der Waals surface area contributed by atoms with Gasteiger partial charge in [0.2, 0.25) is 5.78 Å². The summed E-state index contributed by atoms with van der Waals surface area (Å²) in [6.45, 7) is 1.55. The fourth-order valence-corrected chi connectivity index (χ4v) is 3.63. The Bertz CT molecular complexity index is 733. The Morgan fingerprint density at radius 2 is 2.07 bits per heavy atom. The van der Waals surface area contributed by atoms with Crippen molar-refractivity contribution in [2.75, 3.05) is 26.6 Å². The zero-order chi connectivity index (χ0) is 21.0. The van der Waals surface area contributed by atoms with Crippen LogP contribution in [-0.4, -0.2) is 88.9 Å². The van der Waals surface area contributed by atoms with Crippen molar-refractivity contribution < 1.29 is 39.1 Å². The van der Waals surface area contributed by atoms with Crippen LogP contribution >= 0.6 is 11.3 Å². The number of nitrogens with two attached hydrogens (primary N) is 1. The van der Waals surface area contributed by atoms with Crippen LogP contribution in [0.1, 0.15) is 9.67 Å². The molecule has 4 rings (SSSR count). The molecule has 3 aliphatic rings. The van der Waals surface area contributed by atoms with Crippen molar-refractivity contribution >= 4 is 23.2 Å². The molecule has 12 heteroatoms. The third kappa shape index (κ3) is 4.65. The molecule has 1 aromatic rings. The fourth-order valence-electron chi connectivity index (χ4n) is 2.90. The molecule has 1 unspecified atom stereocenters. The summed E-state index contributed by atoms with van der Waals surface area (Å²) in [4.78, 5) is 26.1. The highest BCUT2D eigenvalue weighted by atomic mass is 32.1. The lowest BCUT2D eigenvalue weighted by molar-refractivity contribution is -0.0666. The highest BCUT2D eigenvalue weighted by molar-refractivity contribution is 7.12. The van der Waals surface area contributed by atoms with Crippen LogP contribution in [0, 0.1) is 0 Å². The number of nitrogens with zero attached hydrogens (tertiary/aromatic N) is 1. The summed E-state index contributed by atoms with van der Waals surface area (Å²) in [5.74, 6) is -0.470. The normalized spacial score (nSPS) is 33.9. The van der Waals surface area contributed by atoms with Gasteiger partial charge in [-0.1, -0.05) is 6.07 Å². The second kappa shape index (κ2) is 9.28. The first-order valence-corrected chi connectivity index (χ1v) is 9.70. The molecule has 160 valence electrons. The Kier molecular flexibility index (Phi) is 6.97. The average molecular weight is 429 g/mol. The van der Waals surface area contributed by atoms with Gasteiger partial charge in [0.1, 0.15) is 25.1 Å². The molecule has 3 aliphatic heterocycles. The van der Waals surface area contributed by atoms with Gasteiger partial charge in [0.05, 0.1) is 24.7 Å². The minimum atomic E-state index is -1.71. The summed E-state index contributed by atoms with van der Waals surface area (Å²) in [7, 11) is 0. The lowest BCUT2D eigenvalue weighted by Crippen LogP contribution is -2.66. The average Bonchev–Trinajstić information content (AvgIpc) is 3.47. The monoisotopic (exact) mass is 429 g/mol. The van der Waals surface area contributed by atoms with Crippen molar-refractivity contribution in [1.29, 1.82) is 0 Å². The first-order chi connectivity index (χ1) is 13.9. The van der Waals surface area contributed by atoms with Gasteiger partial charge in [-0.2, -0.15) is 0 Å². The third-order valence-corrected chi connectivity index (χ3v) is 5.37. The maximum Gasteiger partial charge on any atom is 0.325 e. The molecule has 2 saturated heterocycles. The minimum absolute atomic E-state index is 0.392. The minimum Gasteiger partial charge on any atom is -0.394 e. The molecule has 5 atom stereocenters. The second-order valence-electron chi connectivity index (χ2n) is 6.49. The molecular weight excluding hydrogens is 406 g/mol. The van der Waals surface area contributed by atoms with Gasteiger partial charge in [-0.3, -0.25) is 15.4 Å². The van der Waals surface area contributed by atoms with Gasteiger partial charge in [-0.05, 0) is 17.5 Å². The van der Waals surface area contributed by atoms with Gasteiger partial charge in [-0.15, -0.1) is 11.3 Å². The van der Waals surface area contributed by atoms with Crippen LogP contribution in [0.25, 0.3) is 0 Å². The number of thiophene rings is 1. The number of carbonyl (C=O) groups excluding carboxylic acids is 2. The Morgan fingerprint density at radius 1 is 1.34 bits per heavy atom. The summed E-state index contributed by atoms with van der Waals surface area (Å²) >= 11 is 1.20. The molecule has 2 fully saturated rings. The van der Waals surface area contributed by atoms with Crippen LogP contribution in [0.3, 0.4) is 0 Å². The highest BCUT2D eigenvalue weighted by Crippen LogP contribution is 2.27. The lowest BCUT2D eigenvalue weighted by Gasteiger charge is -2.36. The van der Waals surface area contributed by atoms with Gasteiger partial charge in [-0.25, -0.2) is 4.79 Å². The molecule has 4 heterocycles. The Balaban J connectivity index is 0.000000419. The number of hydrogen-bond acceptors (Lipinski definition) is 10. The van der Waals surface area contributed by atoms with Crippen molar-refractivity contribution in [3.63, 3.8) is 0 Å². The number of aliphatic hydroxyl groups excluding tert-OH is 3. The molecule has 0 bridgehead atoms. The predicted octanol–water partition coefficient (Wildman–Crippen LogP) is -1.45. The summed E-state index contributed by atoms with van der Waals surface area (Å²) in [5.41, 5.74) is 4.27. The van der Waals surface area contributed by atoms with E-state index in [-0.39, 0.29) is 0 Å². The van der Waals surface area contributed by atoms with Gasteiger partial charge in [0.25, 0.3) is 0 Å². The van der Waals surface area contributed by atoms with E-state index in [1.807, 2.05) is 0 Å². The van der Waals surface area contributed by atoms with E-state index >= 15 is 0 Å². The smallest absolute Gasteiger partial charge is 0.325 e. The van der Waals surface area contributed by atoms with E-state index in [0.29, 0.717) is 11.7 Å². The van der Waals surface area contributed by atoms with Crippen molar-refractivity contribution in [1.82, 2.24) is 10.2 Å². The van der Waals surface area contributed by atoms with Crippen molar-refractivity contribution in [3.8, 4) is 0 Å². The number of Topliss-reactive ketones (excluding diaryl/α,β-unsaturated/α-hetero) is 1. The molecule has 0 aromatic carbocycles. The maximum atomic E-state index is 12.4. The van der Waals surface area contributed by atoms with Crippen LogP contribution < -0.4 is 11.1 Å². The van der Waals surface area contributed by atoms with Crippen molar-refractivity contribution in [3.05, 3.63) is 34.7 Å². The summed E-state index contributed by atoms with van der Waals surface area (Å²) in [6, 6.07) is 2.53. The number of ketones is 1. The van der Waals surface area contributed by atoms with E-state index in [4.69, 9.17) is 25.1 Å². The number of hydrogen-bond donors (Lipinski definition) is 5. The zero-order valence-corrected chi connectivity index (χ0v) is 16.2. The molecule has 0 saturated carbocycles. The van der Waals surface area contributed by atoms with Gasteiger partial charge < -0.3 is 34.8 Å². The Morgan fingerprint density at radius 3 is 2.55 bits per heavy atom. The van der Waals surface area contributed by atoms with Crippen LogP contribution in [-0.2, 0) is 14.2 Å². The molecule has 2 amide bonds. The predicted molar refractivity (Wildman–Crippen MR) is 99.6 cm³/mol. The quantitative estimate of drug-likeness (QED) is 0.360. The molecule has 0 spiro atoms. The number of nitrogens with one attached hydrogen (secondary N) is 1. The highest BCUT2D eigenvalue weighted by Gasteiger charge is 2.49. The number of amides is 2.